The van der Waals surface area contributed by atoms with E-state index in [9.17, 15) is 4.79 Å². The standard InChI is InChI=1S/C18H28ClN3O2.2ClH/c1-12-7-13(2)11-22(10-12)6-4-5-21-18(23)14-8-15(19)16(20)9-17(14)24-3;;/h8-9,12-13H,4-7,10-11,20H2,1-3H3,(H,21,23);2*1H. The van der Waals surface area contributed by atoms with E-state index >= 15 is 0 Å². The van der Waals surface area contributed by atoms with Crippen LogP contribution in [0.5, 0.6) is 5.75 Å². The van der Waals surface area contributed by atoms with Gasteiger partial charge >= 0.3 is 0 Å². The lowest BCUT2D eigenvalue weighted by Gasteiger charge is -2.34. The van der Waals surface area contributed by atoms with Crippen LogP contribution in [-0.4, -0.2) is 44.1 Å². The molecule has 26 heavy (non-hydrogen) atoms. The molecule has 1 aliphatic rings. The molecule has 0 aliphatic carbocycles. The first-order chi connectivity index (χ1) is 11.4. The Hall–Kier alpha value is -0.880. The number of nitrogen functional groups attached to an aromatic ring is 1. The van der Waals surface area contributed by atoms with E-state index < -0.39 is 0 Å². The average Bonchev–Trinajstić information content (AvgIpc) is 2.52. The Morgan fingerprint density at radius 1 is 1.31 bits per heavy atom. The molecule has 5 nitrogen and oxygen atoms in total. The Bertz CT molecular complexity index is 577. The predicted molar refractivity (Wildman–Crippen MR) is 113 cm³/mol. The molecule has 1 amide bonds. The number of nitrogens with zero attached hydrogens (tertiary/aromatic N) is 1. The van der Waals surface area contributed by atoms with Crippen molar-refractivity contribution in [2.45, 2.75) is 26.7 Å². The Morgan fingerprint density at radius 3 is 2.50 bits per heavy atom. The molecule has 0 saturated carbocycles. The van der Waals surface area contributed by atoms with Crippen molar-refractivity contribution >= 4 is 48.0 Å². The summed E-state index contributed by atoms with van der Waals surface area (Å²) >= 11 is 6.01. The summed E-state index contributed by atoms with van der Waals surface area (Å²) in [5.74, 6) is 1.76. The van der Waals surface area contributed by atoms with Gasteiger partial charge in [0.25, 0.3) is 5.91 Å². The summed E-state index contributed by atoms with van der Waals surface area (Å²) in [5.41, 5.74) is 6.56. The minimum atomic E-state index is -0.186. The zero-order valence-corrected chi connectivity index (χ0v) is 18.0. The lowest BCUT2D eigenvalue weighted by molar-refractivity contribution is 0.0944. The zero-order valence-electron chi connectivity index (χ0n) is 15.6. The van der Waals surface area contributed by atoms with Gasteiger partial charge in [0.05, 0.1) is 23.4 Å². The molecule has 0 bridgehead atoms. The molecule has 1 aliphatic heterocycles. The van der Waals surface area contributed by atoms with Crippen LogP contribution >= 0.6 is 36.4 Å². The van der Waals surface area contributed by atoms with Crippen LogP contribution in [0.25, 0.3) is 0 Å². The van der Waals surface area contributed by atoms with Crippen molar-refractivity contribution in [2.24, 2.45) is 11.8 Å². The molecule has 2 atom stereocenters. The lowest BCUT2D eigenvalue weighted by Crippen LogP contribution is -2.40. The van der Waals surface area contributed by atoms with E-state index in [0.29, 0.717) is 28.6 Å². The van der Waals surface area contributed by atoms with Gasteiger partial charge < -0.3 is 20.7 Å². The minimum absolute atomic E-state index is 0. The highest BCUT2D eigenvalue weighted by molar-refractivity contribution is 6.33. The maximum atomic E-state index is 12.3. The molecule has 1 saturated heterocycles. The average molecular weight is 427 g/mol. The Balaban J connectivity index is 0.00000312. The smallest absolute Gasteiger partial charge is 0.255 e. The van der Waals surface area contributed by atoms with Crippen molar-refractivity contribution in [3.8, 4) is 5.75 Å². The minimum Gasteiger partial charge on any atom is -0.496 e. The van der Waals surface area contributed by atoms with Crippen LogP contribution < -0.4 is 15.8 Å². The molecule has 0 spiro atoms. The fraction of sp³-hybridized carbons (Fsp3) is 0.611. The third-order valence-electron chi connectivity index (χ3n) is 4.44. The van der Waals surface area contributed by atoms with E-state index in [4.69, 9.17) is 22.1 Å². The van der Waals surface area contributed by atoms with Gasteiger partial charge in [-0.3, -0.25) is 4.79 Å². The lowest BCUT2D eigenvalue weighted by atomic mass is 9.92. The monoisotopic (exact) mass is 425 g/mol. The van der Waals surface area contributed by atoms with Gasteiger partial charge in [-0.2, -0.15) is 0 Å². The number of nitrogens with one attached hydrogen (secondary N) is 1. The van der Waals surface area contributed by atoms with E-state index in [2.05, 4.69) is 24.1 Å². The Kier molecular flexibility index (Phi) is 11.4. The quantitative estimate of drug-likeness (QED) is 0.535. The van der Waals surface area contributed by atoms with E-state index in [0.717, 1.165) is 37.9 Å². The molecule has 150 valence electrons. The summed E-state index contributed by atoms with van der Waals surface area (Å²) in [7, 11) is 1.51. The first-order valence-corrected chi connectivity index (χ1v) is 8.92. The molecule has 1 fully saturated rings. The van der Waals surface area contributed by atoms with Crippen LogP contribution in [-0.2, 0) is 0 Å². The first kappa shape index (κ1) is 25.1. The van der Waals surface area contributed by atoms with Gasteiger partial charge in [0.1, 0.15) is 5.75 Å². The summed E-state index contributed by atoms with van der Waals surface area (Å²) in [6.07, 6.45) is 2.24. The van der Waals surface area contributed by atoms with Gasteiger partial charge in [-0.1, -0.05) is 25.4 Å². The molecule has 8 heteroatoms. The third kappa shape index (κ3) is 7.03. The van der Waals surface area contributed by atoms with Gasteiger partial charge in [-0.05, 0) is 37.3 Å². The van der Waals surface area contributed by atoms with Gasteiger partial charge in [0, 0.05) is 25.7 Å². The topological polar surface area (TPSA) is 67.6 Å². The number of amides is 1. The Labute approximate surface area is 173 Å². The number of hydrogen-bond donors (Lipinski definition) is 2. The number of piperidine rings is 1. The van der Waals surface area contributed by atoms with Gasteiger partial charge in [0.2, 0.25) is 0 Å². The number of ether oxygens (including phenoxy) is 1. The predicted octanol–water partition coefficient (Wildman–Crippen LogP) is 3.87. The molecule has 0 radical (unpaired) electrons. The van der Waals surface area contributed by atoms with Crippen LogP contribution in [0.4, 0.5) is 5.69 Å². The molecule has 2 unspecified atom stereocenters. The highest BCUT2D eigenvalue weighted by atomic mass is 35.5. The van der Waals surface area contributed by atoms with Crippen molar-refractivity contribution in [1.82, 2.24) is 10.2 Å². The first-order valence-electron chi connectivity index (χ1n) is 8.54. The summed E-state index contributed by atoms with van der Waals surface area (Å²) in [4.78, 5) is 14.8. The number of carbonyl (C=O) groups is 1. The SMILES string of the molecule is COc1cc(N)c(Cl)cc1C(=O)NCCCN1CC(C)CC(C)C1.Cl.Cl. The molecule has 2 rings (SSSR count). The van der Waals surface area contributed by atoms with Crippen molar-refractivity contribution in [2.75, 3.05) is 39.0 Å². The molecule has 3 N–H and O–H groups in total. The normalized spacial score (nSPS) is 19.8. The third-order valence-corrected chi connectivity index (χ3v) is 4.77. The number of rotatable bonds is 6. The maximum absolute atomic E-state index is 12.3. The molecule has 0 aromatic heterocycles. The van der Waals surface area contributed by atoms with Crippen molar-refractivity contribution in [3.05, 3.63) is 22.7 Å². The number of likely N-dealkylation sites (tertiary alicyclic amines) is 1. The molecular weight excluding hydrogens is 397 g/mol. The Morgan fingerprint density at radius 2 is 1.92 bits per heavy atom. The number of halogens is 3. The van der Waals surface area contributed by atoms with Crippen LogP contribution in [0.1, 0.15) is 37.0 Å². The number of hydrogen-bond acceptors (Lipinski definition) is 4. The number of nitrogens with two attached hydrogens (primary N) is 1. The summed E-state index contributed by atoms with van der Waals surface area (Å²) in [6, 6.07) is 3.13. The zero-order chi connectivity index (χ0) is 17.7. The van der Waals surface area contributed by atoms with Crippen molar-refractivity contribution < 1.29 is 9.53 Å². The second-order valence-corrected chi connectivity index (χ2v) is 7.30. The van der Waals surface area contributed by atoms with Crippen LogP contribution in [0.2, 0.25) is 5.02 Å². The second kappa shape index (κ2) is 11.8. The van der Waals surface area contributed by atoms with Crippen LogP contribution in [0.15, 0.2) is 12.1 Å². The molecule has 1 aromatic rings. The maximum Gasteiger partial charge on any atom is 0.255 e. The number of anilines is 1. The number of benzene rings is 1. The van der Waals surface area contributed by atoms with Crippen molar-refractivity contribution in [3.63, 3.8) is 0 Å². The fourth-order valence-electron chi connectivity index (χ4n) is 3.49. The molecular formula is C18H30Cl3N3O2. The number of carbonyl (C=O) groups excluding carboxylic acids is 1. The van der Waals surface area contributed by atoms with Crippen LogP contribution in [0, 0.1) is 11.8 Å². The highest BCUT2D eigenvalue weighted by Crippen LogP contribution is 2.28. The largest absolute Gasteiger partial charge is 0.496 e. The second-order valence-electron chi connectivity index (χ2n) is 6.89. The number of methoxy groups -OCH3 is 1. The van der Waals surface area contributed by atoms with Gasteiger partial charge in [-0.15, -0.1) is 24.8 Å². The summed E-state index contributed by atoms with van der Waals surface area (Å²) < 4.78 is 5.22. The van der Waals surface area contributed by atoms with E-state index in [-0.39, 0.29) is 30.7 Å². The fourth-order valence-corrected chi connectivity index (χ4v) is 3.65. The summed E-state index contributed by atoms with van der Waals surface area (Å²) in [5, 5.41) is 3.30. The molecule has 1 aromatic carbocycles. The van der Waals surface area contributed by atoms with E-state index in [1.807, 2.05) is 0 Å². The molecule has 1 heterocycles. The van der Waals surface area contributed by atoms with E-state index in [1.54, 1.807) is 12.1 Å². The summed E-state index contributed by atoms with van der Waals surface area (Å²) in [6.45, 7) is 8.56. The van der Waals surface area contributed by atoms with Gasteiger partial charge in [0.15, 0.2) is 0 Å². The van der Waals surface area contributed by atoms with Crippen LogP contribution in [0.3, 0.4) is 0 Å². The van der Waals surface area contributed by atoms with Gasteiger partial charge in [-0.25, -0.2) is 0 Å². The van der Waals surface area contributed by atoms with Crippen molar-refractivity contribution in [1.29, 1.82) is 0 Å². The highest BCUT2D eigenvalue weighted by Gasteiger charge is 2.21. The van der Waals surface area contributed by atoms with E-state index in [1.165, 1.54) is 13.5 Å².